The molecule has 1 aromatic rings. The Kier molecular flexibility index (Phi) is 6.59. The van der Waals surface area contributed by atoms with Gasteiger partial charge in [0.05, 0.1) is 11.1 Å². The first kappa shape index (κ1) is 16.9. The van der Waals surface area contributed by atoms with E-state index in [-0.39, 0.29) is 17.5 Å². The molecule has 0 aromatic heterocycles. The van der Waals surface area contributed by atoms with Crippen molar-refractivity contribution in [2.45, 2.75) is 39.5 Å². The Morgan fingerprint density at radius 1 is 1.10 bits per heavy atom. The molecule has 0 saturated heterocycles. The Balaban J connectivity index is 2.53. The molecule has 0 bridgehead atoms. The lowest BCUT2D eigenvalue weighted by molar-refractivity contribution is -0.138. The highest BCUT2D eigenvalue weighted by Gasteiger charge is 2.19. The van der Waals surface area contributed by atoms with Crippen LogP contribution in [0.25, 0.3) is 0 Å². The number of rotatable bonds is 7. The Labute approximate surface area is 123 Å². The Morgan fingerprint density at radius 3 is 2.29 bits per heavy atom. The quantitative estimate of drug-likeness (QED) is 0.474. The average Bonchev–Trinajstić information content (AvgIpc) is 2.43. The number of carbonyl (C=O) groups is 3. The summed E-state index contributed by atoms with van der Waals surface area (Å²) in [6.07, 6.45) is 2.73. The van der Waals surface area contributed by atoms with Crippen molar-refractivity contribution in [2.75, 3.05) is 0 Å². The highest BCUT2D eigenvalue weighted by atomic mass is 16.6. The van der Waals surface area contributed by atoms with Crippen LogP contribution in [0.3, 0.4) is 0 Å². The second-order valence-electron chi connectivity index (χ2n) is 5.25. The van der Waals surface area contributed by atoms with Gasteiger partial charge in [-0.05, 0) is 24.5 Å². The predicted octanol–water partition coefficient (Wildman–Crippen LogP) is 3.28. The van der Waals surface area contributed by atoms with E-state index < -0.39 is 17.9 Å². The number of esters is 2. The van der Waals surface area contributed by atoms with Gasteiger partial charge in [-0.25, -0.2) is 9.59 Å². The molecule has 0 amide bonds. The summed E-state index contributed by atoms with van der Waals surface area (Å²) in [6, 6.07) is 5.66. The lowest BCUT2D eigenvalue weighted by Crippen LogP contribution is -2.15. The Morgan fingerprint density at radius 2 is 1.71 bits per heavy atom. The minimum Gasteiger partial charge on any atom is -0.478 e. The van der Waals surface area contributed by atoms with Crippen LogP contribution in [0.5, 0.6) is 0 Å². The molecule has 0 fully saturated rings. The Hall–Kier alpha value is -2.17. The van der Waals surface area contributed by atoms with E-state index in [1.165, 1.54) is 24.3 Å². The van der Waals surface area contributed by atoms with Crippen molar-refractivity contribution < 1.29 is 24.2 Å². The molecule has 0 spiro atoms. The second-order valence-corrected chi connectivity index (χ2v) is 5.25. The number of ether oxygens (including phenoxy) is 1. The molecule has 0 radical (unpaired) electrons. The lowest BCUT2D eigenvalue weighted by Gasteiger charge is -2.06. The number of carboxylic acid groups (broad SMARTS) is 1. The fraction of sp³-hybridized carbons (Fsp3) is 0.438. The molecule has 5 nitrogen and oxygen atoms in total. The van der Waals surface area contributed by atoms with Crippen LogP contribution in [0.15, 0.2) is 24.3 Å². The van der Waals surface area contributed by atoms with Crippen molar-refractivity contribution >= 4 is 17.9 Å². The van der Waals surface area contributed by atoms with Crippen molar-refractivity contribution in [3.8, 4) is 0 Å². The smallest absolute Gasteiger partial charge is 0.346 e. The van der Waals surface area contributed by atoms with Crippen molar-refractivity contribution in [2.24, 2.45) is 5.92 Å². The first-order chi connectivity index (χ1) is 9.91. The van der Waals surface area contributed by atoms with Gasteiger partial charge in [0.2, 0.25) is 0 Å². The van der Waals surface area contributed by atoms with E-state index >= 15 is 0 Å². The molecule has 1 aromatic carbocycles. The zero-order valence-electron chi connectivity index (χ0n) is 12.3. The molecule has 0 saturated carbocycles. The summed E-state index contributed by atoms with van der Waals surface area (Å²) in [7, 11) is 0. The number of carbonyl (C=O) groups excluding carboxylic acids is 2. The largest absolute Gasteiger partial charge is 0.478 e. The van der Waals surface area contributed by atoms with Crippen molar-refractivity contribution in [3.05, 3.63) is 35.4 Å². The van der Waals surface area contributed by atoms with Gasteiger partial charge < -0.3 is 9.84 Å². The van der Waals surface area contributed by atoms with E-state index in [0.717, 1.165) is 12.8 Å². The van der Waals surface area contributed by atoms with E-state index in [2.05, 4.69) is 13.8 Å². The summed E-state index contributed by atoms with van der Waals surface area (Å²) in [5, 5.41) is 8.98. The van der Waals surface area contributed by atoms with Gasteiger partial charge in [-0.2, -0.15) is 0 Å². The zero-order chi connectivity index (χ0) is 15.8. The summed E-state index contributed by atoms with van der Waals surface area (Å²) < 4.78 is 4.69. The number of hydrogen-bond acceptors (Lipinski definition) is 4. The summed E-state index contributed by atoms with van der Waals surface area (Å²) in [5.41, 5.74) is -0.282. The third-order valence-corrected chi connectivity index (χ3v) is 3.00. The topological polar surface area (TPSA) is 80.7 Å². The van der Waals surface area contributed by atoms with Gasteiger partial charge in [-0.15, -0.1) is 0 Å². The van der Waals surface area contributed by atoms with Gasteiger partial charge in [-0.1, -0.05) is 38.8 Å². The molecule has 114 valence electrons. The molecule has 5 heteroatoms. The lowest BCUT2D eigenvalue weighted by atomic mass is 10.1. The van der Waals surface area contributed by atoms with E-state index in [1.54, 1.807) is 0 Å². The van der Waals surface area contributed by atoms with Gasteiger partial charge in [0.15, 0.2) is 0 Å². The standard InChI is InChI=1S/C16H20O5/c1-11(2)7-3-6-10-14(17)21-16(20)13-9-5-4-8-12(13)15(18)19/h4-5,8-9,11H,3,6-7,10H2,1-2H3,(H,18,19). The minimum atomic E-state index is -1.23. The SMILES string of the molecule is CC(C)CCCCC(=O)OC(=O)c1ccccc1C(=O)O. The van der Waals surface area contributed by atoms with Gasteiger partial charge in [0, 0.05) is 6.42 Å². The van der Waals surface area contributed by atoms with E-state index in [1.807, 2.05) is 0 Å². The maximum absolute atomic E-state index is 11.8. The van der Waals surface area contributed by atoms with Crippen LogP contribution in [0, 0.1) is 5.92 Å². The van der Waals surface area contributed by atoms with E-state index in [4.69, 9.17) is 9.84 Å². The summed E-state index contributed by atoms with van der Waals surface area (Å²) in [6.45, 7) is 4.20. The molecule has 1 rings (SSSR count). The summed E-state index contributed by atoms with van der Waals surface area (Å²) in [5.74, 6) is -2.19. The van der Waals surface area contributed by atoms with Gasteiger partial charge >= 0.3 is 17.9 Å². The molecule has 0 aliphatic carbocycles. The van der Waals surface area contributed by atoms with Crippen LogP contribution in [0.2, 0.25) is 0 Å². The predicted molar refractivity (Wildman–Crippen MR) is 77.1 cm³/mol. The number of carboxylic acids is 1. The van der Waals surface area contributed by atoms with Crippen LogP contribution in [0.4, 0.5) is 0 Å². The van der Waals surface area contributed by atoms with Crippen LogP contribution < -0.4 is 0 Å². The number of unbranched alkanes of at least 4 members (excludes halogenated alkanes) is 1. The van der Waals surface area contributed by atoms with Crippen LogP contribution >= 0.6 is 0 Å². The third kappa shape index (κ3) is 5.77. The highest BCUT2D eigenvalue weighted by Crippen LogP contribution is 2.12. The average molecular weight is 292 g/mol. The van der Waals surface area contributed by atoms with Crippen molar-refractivity contribution in [1.29, 1.82) is 0 Å². The number of aromatic carboxylic acids is 1. The first-order valence-electron chi connectivity index (χ1n) is 6.99. The van der Waals surface area contributed by atoms with Gasteiger partial charge in [0.1, 0.15) is 0 Å². The fourth-order valence-electron chi connectivity index (χ4n) is 1.88. The third-order valence-electron chi connectivity index (χ3n) is 3.00. The van der Waals surface area contributed by atoms with Crippen molar-refractivity contribution in [1.82, 2.24) is 0 Å². The maximum Gasteiger partial charge on any atom is 0.346 e. The highest BCUT2D eigenvalue weighted by molar-refractivity contribution is 6.05. The molecule has 0 heterocycles. The second kappa shape index (κ2) is 8.19. The molecule has 21 heavy (non-hydrogen) atoms. The fourth-order valence-corrected chi connectivity index (χ4v) is 1.88. The monoisotopic (exact) mass is 292 g/mol. The number of benzene rings is 1. The number of hydrogen-bond donors (Lipinski definition) is 1. The van der Waals surface area contributed by atoms with Crippen LogP contribution in [-0.4, -0.2) is 23.0 Å². The Bertz CT molecular complexity index is 519. The van der Waals surface area contributed by atoms with Gasteiger partial charge in [-0.3, -0.25) is 4.79 Å². The minimum absolute atomic E-state index is 0.111. The normalized spacial score (nSPS) is 10.4. The van der Waals surface area contributed by atoms with E-state index in [9.17, 15) is 14.4 Å². The maximum atomic E-state index is 11.8. The molecule has 1 N–H and O–H groups in total. The first-order valence-corrected chi connectivity index (χ1v) is 6.99. The summed E-state index contributed by atoms with van der Waals surface area (Å²) >= 11 is 0. The summed E-state index contributed by atoms with van der Waals surface area (Å²) in [4.78, 5) is 34.4. The van der Waals surface area contributed by atoms with Gasteiger partial charge in [0.25, 0.3) is 0 Å². The van der Waals surface area contributed by atoms with E-state index in [0.29, 0.717) is 12.3 Å². The molecular weight excluding hydrogens is 272 g/mol. The van der Waals surface area contributed by atoms with Crippen molar-refractivity contribution in [3.63, 3.8) is 0 Å². The van der Waals surface area contributed by atoms with Crippen LogP contribution in [-0.2, 0) is 9.53 Å². The molecule has 0 atom stereocenters. The molecule has 0 aliphatic rings. The zero-order valence-corrected chi connectivity index (χ0v) is 12.3. The molecule has 0 aliphatic heterocycles. The van der Waals surface area contributed by atoms with Crippen LogP contribution in [0.1, 0.15) is 60.2 Å². The molecule has 0 unspecified atom stereocenters. The molecular formula is C16H20O5.